The molecule has 0 atom stereocenters. The molecule has 0 radical (unpaired) electrons. The van der Waals surface area contributed by atoms with E-state index in [0.29, 0.717) is 23.2 Å². The lowest BCUT2D eigenvalue weighted by Crippen LogP contribution is -2.32. The summed E-state index contributed by atoms with van der Waals surface area (Å²) in [4.78, 5) is 0.276. The zero-order chi connectivity index (χ0) is 15.0. The SMILES string of the molecule is CC1(C)CCCN(S(=O)(=O)c2ccc(Br)c(N)c2)CC1. The molecule has 2 rings (SSSR count). The quantitative estimate of drug-likeness (QED) is 0.823. The van der Waals surface area contributed by atoms with Gasteiger partial charge in [0.1, 0.15) is 0 Å². The smallest absolute Gasteiger partial charge is 0.243 e. The van der Waals surface area contributed by atoms with Gasteiger partial charge in [-0.3, -0.25) is 0 Å². The van der Waals surface area contributed by atoms with Crippen molar-refractivity contribution in [3.8, 4) is 0 Å². The normalized spacial score (nSPS) is 20.6. The second-order valence-electron chi connectivity index (χ2n) is 6.11. The summed E-state index contributed by atoms with van der Waals surface area (Å²) >= 11 is 3.29. The van der Waals surface area contributed by atoms with Crippen LogP contribution in [0, 0.1) is 5.41 Å². The third-order valence-electron chi connectivity index (χ3n) is 3.90. The van der Waals surface area contributed by atoms with Crippen LogP contribution in [0.2, 0.25) is 0 Å². The highest BCUT2D eigenvalue weighted by atomic mass is 79.9. The number of hydrogen-bond donors (Lipinski definition) is 1. The second kappa shape index (κ2) is 5.66. The Balaban J connectivity index is 2.28. The number of hydrogen-bond acceptors (Lipinski definition) is 3. The van der Waals surface area contributed by atoms with E-state index in [9.17, 15) is 8.42 Å². The second-order valence-corrected chi connectivity index (χ2v) is 8.90. The summed E-state index contributed by atoms with van der Waals surface area (Å²) < 4.78 is 27.6. The summed E-state index contributed by atoms with van der Waals surface area (Å²) in [5.74, 6) is 0. The van der Waals surface area contributed by atoms with Gasteiger partial charge in [0.05, 0.1) is 4.90 Å². The van der Waals surface area contributed by atoms with Crippen LogP contribution in [0.5, 0.6) is 0 Å². The van der Waals surface area contributed by atoms with Crippen molar-refractivity contribution in [2.45, 2.75) is 38.0 Å². The zero-order valence-electron chi connectivity index (χ0n) is 11.9. The molecule has 0 unspecified atom stereocenters. The fraction of sp³-hybridized carbons (Fsp3) is 0.571. The fourth-order valence-electron chi connectivity index (χ4n) is 2.47. The van der Waals surface area contributed by atoms with Gasteiger partial charge < -0.3 is 5.73 Å². The molecule has 1 aliphatic rings. The van der Waals surface area contributed by atoms with Gasteiger partial charge >= 0.3 is 0 Å². The van der Waals surface area contributed by atoms with Crippen molar-refractivity contribution in [1.82, 2.24) is 4.31 Å². The molecule has 1 saturated heterocycles. The number of sulfonamides is 1. The number of benzene rings is 1. The Hall–Kier alpha value is -0.590. The maximum Gasteiger partial charge on any atom is 0.243 e. The van der Waals surface area contributed by atoms with Crippen LogP contribution in [-0.4, -0.2) is 25.8 Å². The van der Waals surface area contributed by atoms with Crippen LogP contribution < -0.4 is 5.73 Å². The van der Waals surface area contributed by atoms with Crippen LogP contribution in [0.1, 0.15) is 33.1 Å². The lowest BCUT2D eigenvalue weighted by Gasteiger charge is -2.23. The van der Waals surface area contributed by atoms with Crippen LogP contribution in [-0.2, 0) is 10.0 Å². The zero-order valence-corrected chi connectivity index (χ0v) is 14.3. The Morgan fingerprint density at radius 3 is 2.60 bits per heavy atom. The maximum atomic E-state index is 12.7. The van der Waals surface area contributed by atoms with E-state index in [1.807, 2.05) is 0 Å². The minimum Gasteiger partial charge on any atom is -0.398 e. The summed E-state index contributed by atoms with van der Waals surface area (Å²) in [6.45, 7) is 5.55. The lowest BCUT2D eigenvalue weighted by atomic mass is 9.85. The molecular weight excluding hydrogens is 340 g/mol. The average Bonchev–Trinajstić information content (AvgIpc) is 2.54. The van der Waals surface area contributed by atoms with E-state index in [1.165, 1.54) is 6.07 Å². The third kappa shape index (κ3) is 3.35. The number of nitrogen functional groups attached to an aromatic ring is 1. The van der Waals surface area contributed by atoms with E-state index in [4.69, 9.17) is 5.73 Å². The van der Waals surface area contributed by atoms with Gasteiger partial charge in [0.15, 0.2) is 0 Å². The molecule has 112 valence electrons. The van der Waals surface area contributed by atoms with E-state index in [1.54, 1.807) is 16.4 Å². The first-order valence-electron chi connectivity index (χ1n) is 6.78. The number of nitrogens with two attached hydrogens (primary N) is 1. The Kier molecular flexibility index (Phi) is 4.47. The highest BCUT2D eigenvalue weighted by Gasteiger charge is 2.30. The first kappa shape index (κ1) is 15.8. The van der Waals surface area contributed by atoms with Gasteiger partial charge in [0.2, 0.25) is 10.0 Å². The highest BCUT2D eigenvalue weighted by Crippen LogP contribution is 2.32. The molecular formula is C14H21BrN2O2S. The average molecular weight is 361 g/mol. The number of anilines is 1. The summed E-state index contributed by atoms with van der Waals surface area (Å²) in [5, 5.41) is 0. The van der Waals surface area contributed by atoms with Crippen LogP contribution >= 0.6 is 15.9 Å². The van der Waals surface area contributed by atoms with Crippen molar-refractivity contribution >= 4 is 31.6 Å². The van der Waals surface area contributed by atoms with Crippen molar-refractivity contribution in [2.75, 3.05) is 18.8 Å². The molecule has 20 heavy (non-hydrogen) atoms. The molecule has 0 saturated carbocycles. The first-order chi connectivity index (χ1) is 9.22. The molecule has 1 heterocycles. The van der Waals surface area contributed by atoms with E-state index < -0.39 is 10.0 Å². The molecule has 6 heteroatoms. The molecule has 0 amide bonds. The van der Waals surface area contributed by atoms with Gasteiger partial charge in [-0.25, -0.2) is 8.42 Å². The fourth-order valence-corrected chi connectivity index (χ4v) is 4.23. The van der Waals surface area contributed by atoms with Crippen LogP contribution in [0.25, 0.3) is 0 Å². The molecule has 1 aliphatic heterocycles. The van der Waals surface area contributed by atoms with Crippen molar-refractivity contribution in [2.24, 2.45) is 5.41 Å². The first-order valence-corrected chi connectivity index (χ1v) is 9.01. The van der Waals surface area contributed by atoms with E-state index in [-0.39, 0.29) is 10.3 Å². The van der Waals surface area contributed by atoms with Gasteiger partial charge in [-0.05, 0) is 58.8 Å². The minimum absolute atomic E-state index is 0.211. The van der Waals surface area contributed by atoms with Crippen LogP contribution in [0.4, 0.5) is 5.69 Å². The van der Waals surface area contributed by atoms with E-state index in [0.717, 1.165) is 19.3 Å². The van der Waals surface area contributed by atoms with Gasteiger partial charge in [0, 0.05) is 23.2 Å². The molecule has 2 N–H and O–H groups in total. The van der Waals surface area contributed by atoms with Crippen molar-refractivity contribution < 1.29 is 8.42 Å². The molecule has 0 bridgehead atoms. The summed E-state index contributed by atoms with van der Waals surface area (Å²) in [6, 6.07) is 4.81. The van der Waals surface area contributed by atoms with Crippen LogP contribution in [0.15, 0.2) is 27.6 Å². The lowest BCUT2D eigenvalue weighted by molar-refractivity contribution is 0.315. The molecule has 1 fully saturated rings. The van der Waals surface area contributed by atoms with Crippen molar-refractivity contribution in [3.05, 3.63) is 22.7 Å². The predicted octanol–water partition coefficient (Wildman–Crippen LogP) is 3.23. The topological polar surface area (TPSA) is 63.4 Å². The third-order valence-corrected chi connectivity index (χ3v) is 6.52. The van der Waals surface area contributed by atoms with E-state index in [2.05, 4.69) is 29.8 Å². The largest absolute Gasteiger partial charge is 0.398 e. The monoisotopic (exact) mass is 360 g/mol. The number of halogens is 1. The molecule has 1 aromatic carbocycles. The molecule has 0 aliphatic carbocycles. The summed E-state index contributed by atoms with van der Waals surface area (Å²) in [6.07, 6.45) is 2.85. The van der Waals surface area contributed by atoms with E-state index >= 15 is 0 Å². The Morgan fingerprint density at radius 1 is 1.25 bits per heavy atom. The summed E-state index contributed by atoms with van der Waals surface area (Å²) in [5.41, 5.74) is 6.45. The van der Waals surface area contributed by atoms with Crippen molar-refractivity contribution in [1.29, 1.82) is 0 Å². The minimum atomic E-state index is -3.44. The van der Waals surface area contributed by atoms with Gasteiger partial charge in [-0.1, -0.05) is 13.8 Å². The number of nitrogens with zero attached hydrogens (tertiary/aromatic N) is 1. The summed E-state index contributed by atoms with van der Waals surface area (Å²) in [7, 11) is -3.44. The molecule has 1 aromatic rings. The van der Waals surface area contributed by atoms with Gasteiger partial charge in [-0.15, -0.1) is 0 Å². The molecule has 0 spiro atoms. The Morgan fingerprint density at radius 2 is 1.95 bits per heavy atom. The standard InChI is InChI=1S/C14H21BrN2O2S/c1-14(2)6-3-8-17(9-7-14)20(18,19)11-4-5-12(15)13(16)10-11/h4-5,10H,3,6-9,16H2,1-2H3. The predicted molar refractivity (Wildman–Crippen MR) is 84.9 cm³/mol. The Bertz CT molecular complexity index is 599. The molecule has 0 aromatic heterocycles. The van der Waals surface area contributed by atoms with Crippen molar-refractivity contribution in [3.63, 3.8) is 0 Å². The Labute approximate surface area is 129 Å². The highest BCUT2D eigenvalue weighted by molar-refractivity contribution is 9.10. The number of rotatable bonds is 2. The molecule has 4 nitrogen and oxygen atoms in total. The van der Waals surface area contributed by atoms with Gasteiger partial charge in [0.25, 0.3) is 0 Å². The maximum absolute atomic E-state index is 12.7. The van der Waals surface area contributed by atoms with Crippen LogP contribution in [0.3, 0.4) is 0 Å². The van der Waals surface area contributed by atoms with Gasteiger partial charge in [-0.2, -0.15) is 4.31 Å².